The standard InChI is InChI=1S/C14H16N2O6/c1-7-3-4-22-9-6-15-5-8(14(19)20)11(17)12(21-2)10(15)13(18)16(7)9/h5,7,9H,3-4,6H2,1-2H3,(H,19,20)/t7-,9-/m0/s1. The highest BCUT2D eigenvalue weighted by molar-refractivity contribution is 5.98. The van der Waals surface area contributed by atoms with E-state index < -0.39 is 23.2 Å². The Morgan fingerprint density at radius 1 is 1.45 bits per heavy atom. The van der Waals surface area contributed by atoms with Crippen LogP contribution < -0.4 is 10.2 Å². The molecule has 0 aromatic carbocycles. The van der Waals surface area contributed by atoms with Gasteiger partial charge in [0.15, 0.2) is 17.7 Å². The third kappa shape index (κ3) is 1.98. The second-order valence-corrected chi connectivity index (χ2v) is 5.39. The number of rotatable bonds is 2. The van der Waals surface area contributed by atoms with Crippen molar-refractivity contribution < 1.29 is 24.2 Å². The van der Waals surface area contributed by atoms with E-state index in [0.717, 1.165) is 0 Å². The van der Waals surface area contributed by atoms with Crippen molar-refractivity contribution in [2.45, 2.75) is 32.2 Å². The van der Waals surface area contributed by atoms with E-state index in [9.17, 15) is 14.4 Å². The van der Waals surface area contributed by atoms with Gasteiger partial charge in [0.1, 0.15) is 5.56 Å². The van der Waals surface area contributed by atoms with Gasteiger partial charge >= 0.3 is 5.97 Å². The summed E-state index contributed by atoms with van der Waals surface area (Å²) < 4.78 is 12.1. The van der Waals surface area contributed by atoms with Gasteiger partial charge in [-0.3, -0.25) is 9.59 Å². The average Bonchev–Trinajstić information content (AvgIpc) is 2.47. The first-order valence-corrected chi connectivity index (χ1v) is 6.94. The van der Waals surface area contributed by atoms with E-state index in [1.54, 1.807) is 4.90 Å². The molecule has 1 N–H and O–H groups in total. The Labute approximate surface area is 125 Å². The van der Waals surface area contributed by atoms with E-state index in [-0.39, 0.29) is 29.9 Å². The lowest BCUT2D eigenvalue weighted by molar-refractivity contribution is -0.112. The SMILES string of the molecule is COc1c2n(cc(C(=O)O)c1=O)C[C@@H]1OCC[C@H](C)N1C2=O. The summed E-state index contributed by atoms with van der Waals surface area (Å²) in [5.41, 5.74) is -1.14. The van der Waals surface area contributed by atoms with Gasteiger partial charge in [0.25, 0.3) is 5.91 Å². The summed E-state index contributed by atoms with van der Waals surface area (Å²) in [4.78, 5) is 37.7. The Morgan fingerprint density at radius 3 is 2.82 bits per heavy atom. The molecule has 3 heterocycles. The highest BCUT2D eigenvalue weighted by Gasteiger charge is 2.41. The number of carboxylic acid groups (broad SMARTS) is 1. The molecule has 3 rings (SSSR count). The summed E-state index contributed by atoms with van der Waals surface area (Å²) in [6.07, 6.45) is 1.43. The number of carbonyl (C=O) groups is 2. The van der Waals surface area contributed by atoms with Crippen LogP contribution in [0.15, 0.2) is 11.0 Å². The maximum atomic E-state index is 12.7. The lowest BCUT2D eigenvalue weighted by Gasteiger charge is -2.44. The number of hydrogen-bond acceptors (Lipinski definition) is 5. The maximum absolute atomic E-state index is 12.7. The van der Waals surface area contributed by atoms with Crippen molar-refractivity contribution in [1.29, 1.82) is 0 Å². The van der Waals surface area contributed by atoms with Crippen LogP contribution in [0.1, 0.15) is 34.2 Å². The van der Waals surface area contributed by atoms with Crippen LogP contribution in [0.25, 0.3) is 0 Å². The maximum Gasteiger partial charge on any atom is 0.341 e. The van der Waals surface area contributed by atoms with E-state index >= 15 is 0 Å². The number of nitrogens with zero attached hydrogens (tertiary/aromatic N) is 2. The number of aromatic carboxylic acids is 1. The lowest BCUT2D eigenvalue weighted by atomic mass is 10.1. The zero-order valence-electron chi connectivity index (χ0n) is 12.2. The number of carboxylic acids is 1. The van der Waals surface area contributed by atoms with E-state index in [0.29, 0.717) is 13.0 Å². The lowest BCUT2D eigenvalue weighted by Crippen LogP contribution is -2.57. The Balaban J connectivity index is 2.21. The molecule has 0 aliphatic carbocycles. The van der Waals surface area contributed by atoms with Gasteiger partial charge in [-0.05, 0) is 13.3 Å². The third-order valence-electron chi connectivity index (χ3n) is 4.09. The molecule has 1 amide bonds. The second kappa shape index (κ2) is 5.13. The molecular weight excluding hydrogens is 292 g/mol. The Morgan fingerprint density at radius 2 is 2.18 bits per heavy atom. The van der Waals surface area contributed by atoms with Gasteiger partial charge in [0.2, 0.25) is 5.43 Å². The highest BCUT2D eigenvalue weighted by atomic mass is 16.5. The van der Waals surface area contributed by atoms with Crippen LogP contribution >= 0.6 is 0 Å². The molecule has 0 radical (unpaired) electrons. The number of pyridine rings is 1. The van der Waals surface area contributed by atoms with Crippen molar-refractivity contribution in [3.05, 3.63) is 27.7 Å². The van der Waals surface area contributed by atoms with Crippen LogP contribution in [0.3, 0.4) is 0 Å². The van der Waals surface area contributed by atoms with Crippen molar-refractivity contribution in [2.75, 3.05) is 13.7 Å². The summed E-state index contributed by atoms with van der Waals surface area (Å²) in [6, 6.07) is -0.0149. The number of hydrogen-bond donors (Lipinski definition) is 1. The Hall–Kier alpha value is -2.35. The van der Waals surface area contributed by atoms with E-state index in [2.05, 4.69) is 0 Å². The van der Waals surface area contributed by atoms with Crippen molar-refractivity contribution in [2.24, 2.45) is 0 Å². The Kier molecular flexibility index (Phi) is 3.40. The van der Waals surface area contributed by atoms with Crippen LogP contribution in [-0.2, 0) is 11.3 Å². The summed E-state index contributed by atoms with van der Waals surface area (Å²) in [5.74, 6) is -1.97. The molecule has 118 valence electrons. The summed E-state index contributed by atoms with van der Waals surface area (Å²) in [7, 11) is 1.25. The van der Waals surface area contributed by atoms with Crippen molar-refractivity contribution in [3.63, 3.8) is 0 Å². The molecular formula is C14H16N2O6. The van der Waals surface area contributed by atoms with Crippen molar-refractivity contribution in [1.82, 2.24) is 9.47 Å². The predicted molar refractivity (Wildman–Crippen MR) is 74.2 cm³/mol. The second-order valence-electron chi connectivity index (χ2n) is 5.39. The first-order valence-electron chi connectivity index (χ1n) is 6.94. The fourth-order valence-electron chi connectivity index (χ4n) is 2.98. The average molecular weight is 308 g/mol. The minimum absolute atomic E-state index is 0.0149. The van der Waals surface area contributed by atoms with Crippen LogP contribution in [0.5, 0.6) is 5.75 Å². The largest absolute Gasteiger partial charge is 0.491 e. The molecule has 22 heavy (non-hydrogen) atoms. The predicted octanol–water partition coefficient (Wildman–Crippen LogP) is 0.146. The van der Waals surface area contributed by atoms with Gasteiger partial charge in [-0.25, -0.2) is 4.79 Å². The van der Waals surface area contributed by atoms with Gasteiger partial charge in [-0.1, -0.05) is 0 Å². The molecule has 8 heteroatoms. The smallest absolute Gasteiger partial charge is 0.341 e. The third-order valence-corrected chi connectivity index (χ3v) is 4.09. The fraction of sp³-hybridized carbons (Fsp3) is 0.500. The van der Waals surface area contributed by atoms with Gasteiger partial charge in [0, 0.05) is 12.2 Å². The van der Waals surface area contributed by atoms with Crippen molar-refractivity contribution in [3.8, 4) is 5.75 Å². The van der Waals surface area contributed by atoms with Crippen LogP contribution in [0, 0.1) is 0 Å². The molecule has 2 aliphatic heterocycles. The van der Waals surface area contributed by atoms with E-state index in [1.165, 1.54) is 17.9 Å². The number of ether oxygens (including phenoxy) is 2. The highest BCUT2D eigenvalue weighted by Crippen LogP contribution is 2.29. The zero-order chi connectivity index (χ0) is 16.0. The molecule has 0 spiro atoms. The summed E-state index contributed by atoms with van der Waals surface area (Å²) >= 11 is 0. The molecule has 2 aliphatic rings. The van der Waals surface area contributed by atoms with Crippen molar-refractivity contribution >= 4 is 11.9 Å². The first kappa shape index (κ1) is 14.6. The Bertz CT molecular complexity index is 710. The number of carbonyl (C=O) groups excluding carboxylic acids is 1. The molecule has 0 unspecified atom stereocenters. The van der Waals surface area contributed by atoms with Crippen LogP contribution in [-0.4, -0.2) is 52.4 Å². The minimum Gasteiger partial charge on any atom is -0.491 e. The molecule has 1 aromatic rings. The molecule has 2 atom stereocenters. The summed E-state index contributed by atoms with van der Waals surface area (Å²) in [6.45, 7) is 2.72. The monoisotopic (exact) mass is 308 g/mol. The molecule has 0 saturated carbocycles. The van der Waals surface area contributed by atoms with Gasteiger partial charge in [-0.15, -0.1) is 0 Å². The fourth-order valence-corrected chi connectivity index (χ4v) is 2.98. The molecule has 8 nitrogen and oxygen atoms in total. The van der Waals surface area contributed by atoms with Gasteiger partial charge in [-0.2, -0.15) is 0 Å². The minimum atomic E-state index is -1.36. The topological polar surface area (TPSA) is 98.1 Å². The molecule has 1 saturated heterocycles. The molecule has 1 aromatic heterocycles. The summed E-state index contributed by atoms with van der Waals surface area (Å²) in [5, 5.41) is 9.13. The number of methoxy groups -OCH3 is 1. The molecule has 1 fully saturated rings. The zero-order valence-corrected chi connectivity index (χ0v) is 12.2. The quantitative estimate of drug-likeness (QED) is 0.835. The number of amides is 1. The normalized spacial score (nSPS) is 23.7. The number of fused-ring (bicyclic) bond motifs is 2. The van der Waals surface area contributed by atoms with Crippen LogP contribution in [0.2, 0.25) is 0 Å². The van der Waals surface area contributed by atoms with Gasteiger partial charge < -0.3 is 24.0 Å². The van der Waals surface area contributed by atoms with Crippen LogP contribution in [0.4, 0.5) is 0 Å². The van der Waals surface area contributed by atoms with E-state index in [4.69, 9.17) is 14.6 Å². The van der Waals surface area contributed by atoms with E-state index in [1.807, 2.05) is 6.92 Å². The molecule has 0 bridgehead atoms. The number of aromatic nitrogens is 1. The van der Waals surface area contributed by atoms with Gasteiger partial charge in [0.05, 0.1) is 20.3 Å². The first-order chi connectivity index (χ1) is 10.5.